The van der Waals surface area contributed by atoms with Crippen LogP contribution in [0, 0.1) is 5.82 Å². The Labute approximate surface area is 192 Å². The van der Waals surface area contributed by atoms with Gasteiger partial charge in [-0.15, -0.1) is 0 Å². The number of aliphatic carboxylic acids is 1. The summed E-state index contributed by atoms with van der Waals surface area (Å²) in [5, 5.41) is 12.5. The van der Waals surface area contributed by atoms with Gasteiger partial charge in [-0.25, -0.2) is 4.39 Å². The lowest BCUT2D eigenvalue weighted by molar-refractivity contribution is -0.136. The van der Waals surface area contributed by atoms with Gasteiger partial charge >= 0.3 is 5.97 Å². The van der Waals surface area contributed by atoms with Gasteiger partial charge < -0.3 is 15.3 Å². The van der Waals surface area contributed by atoms with Gasteiger partial charge in [-0.2, -0.15) is 0 Å². The predicted molar refractivity (Wildman–Crippen MR) is 121 cm³/mol. The molecular formula is C25H28FN3O4. The number of amides is 2. The zero-order valence-corrected chi connectivity index (χ0v) is 18.4. The number of carbonyl (C=O) groups is 3. The number of benzene rings is 2. The van der Waals surface area contributed by atoms with Crippen molar-refractivity contribution in [1.29, 1.82) is 0 Å². The summed E-state index contributed by atoms with van der Waals surface area (Å²) in [7, 11) is 0. The van der Waals surface area contributed by atoms with E-state index in [0.29, 0.717) is 37.2 Å². The van der Waals surface area contributed by atoms with Crippen molar-refractivity contribution in [2.75, 3.05) is 31.1 Å². The second-order valence-electron chi connectivity index (χ2n) is 8.86. The number of para-hydroxylation sites is 1. The van der Waals surface area contributed by atoms with Crippen LogP contribution in [0.2, 0.25) is 0 Å². The van der Waals surface area contributed by atoms with Crippen molar-refractivity contribution in [3.8, 4) is 0 Å². The van der Waals surface area contributed by atoms with Crippen molar-refractivity contribution < 1.29 is 23.9 Å². The number of carboxylic acid groups (broad SMARTS) is 1. The van der Waals surface area contributed by atoms with E-state index in [1.807, 2.05) is 4.90 Å². The van der Waals surface area contributed by atoms with Gasteiger partial charge in [0.1, 0.15) is 12.4 Å². The zero-order valence-electron chi connectivity index (χ0n) is 18.4. The number of hydrogen-bond acceptors (Lipinski definition) is 4. The average Bonchev–Trinajstić information content (AvgIpc) is 3.00. The normalized spacial score (nSPS) is 23.2. The van der Waals surface area contributed by atoms with Gasteiger partial charge in [0.05, 0.1) is 12.1 Å². The van der Waals surface area contributed by atoms with E-state index in [1.54, 1.807) is 48.5 Å². The summed E-state index contributed by atoms with van der Waals surface area (Å²) >= 11 is 0. The lowest BCUT2D eigenvalue weighted by Gasteiger charge is -2.35. The van der Waals surface area contributed by atoms with Crippen LogP contribution in [0.15, 0.2) is 54.6 Å². The Morgan fingerprint density at radius 2 is 1.85 bits per heavy atom. The van der Waals surface area contributed by atoms with Crippen molar-refractivity contribution in [1.82, 2.24) is 10.2 Å². The molecule has 0 aliphatic carbocycles. The van der Waals surface area contributed by atoms with E-state index in [-0.39, 0.29) is 30.1 Å². The molecule has 0 radical (unpaired) electrons. The maximum atomic E-state index is 14.8. The number of rotatable bonds is 6. The minimum atomic E-state index is -1.11. The Morgan fingerprint density at radius 3 is 2.58 bits per heavy atom. The number of carbonyl (C=O) groups excluding carboxylic acids is 2. The minimum absolute atomic E-state index is 0.0231. The van der Waals surface area contributed by atoms with E-state index in [1.165, 1.54) is 11.0 Å². The highest BCUT2D eigenvalue weighted by Crippen LogP contribution is 2.41. The molecule has 2 aromatic carbocycles. The average molecular weight is 454 g/mol. The molecule has 174 valence electrons. The van der Waals surface area contributed by atoms with Crippen LogP contribution in [0.5, 0.6) is 0 Å². The fourth-order valence-corrected chi connectivity index (χ4v) is 5.13. The van der Waals surface area contributed by atoms with E-state index in [0.717, 1.165) is 12.8 Å². The number of halogens is 1. The fourth-order valence-electron chi connectivity index (χ4n) is 5.13. The number of carboxylic acids is 1. The van der Waals surface area contributed by atoms with Crippen LogP contribution >= 0.6 is 0 Å². The number of anilines is 1. The highest BCUT2D eigenvalue weighted by Gasteiger charge is 2.49. The second-order valence-corrected chi connectivity index (χ2v) is 8.86. The van der Waals surface area contributed by atoms with Crippen molar-refractivity contribution in [2.24, 2.45) is 0 Å². The first-order valence-electron chi connectivity index (χ1n) is 11.2. The maximum absolute atomic E-state index is 14.8. The molecule has 8 heteroatoms. The molecule has 0 aromatic heterocycles. The number of nitrogens with zero attached hydrogens (tertiary/aromatic N) is 2. The number of hydrogen-bond donors (Lipinski definition) is 2. The fraction of sp³-hybridized carbons (Fsp3) is 0.400. The molecule has 4 rings (SSSR count). The smallest absolute Gasteiger partial charge is 0.323 e. The Kier molecular flexibility index (Phi) is 6.74. The van der Waals surface area contributed by atoms with Crippen molar-refractivity contribution in [3.05, 3.63) is 66.0 Å². The molecule has 2 aliphatic rings. The Morgan fingerprint density at radius 1 is 1.12 bits per heavy atom. The van der Waals surface area contributed by atoms with E-state index in [9.17, 15) is 23.9 Å². The first-order chi connectivity index (χ1) is 15.9. The van der Waals surface area contributed by atoms with Gasteiger partial charge in [0.25, 0.3) is 0 Å². The van der Waals surface area contributed by atoms with E-state index in [2.05, 4.69) is 5.32 Å². The van der Waals surface area contributed by atoms with Crippen LogP contribution in [-0.4, -0.2) is 59.5 Å². The Balaban J connectivity index is 1.60. The summed E-state index contributed by atoms with van der Waals surface area (Å²) in [6.07, 6.45) is 2.74. The molecule has 1 spiro atoms. The molecule has 2 aliphatic heterocycles. The molecule has 33 heavy (non-hydrogen) atoms. The van der Waals surface area contributed by atoms with Gasteiger partial charge in [-0.3, -0.25) is 19.3 Å². The first kappa shape index (κ1) is 22.9. The summed E-state index contributed by atoms with van der Waals surface area (Å²) in [6, 6.07) is 15.3. The molecule has 2 amide bonds. The van der Waals surface area contributed by atoms with Crippen LogP contribution in [-0.2, 0) is 14.4 Å². The Hall–Kier alpha value is -3.26. The maximum Gasteiger partial charge on any atom is 0.323 e. The van der Waals surface area contributed by atoms with Crippen LogP contribution < -0.4 is 10.2 Å². The van der Waals surface area contributed by atoms with Crippen LogP contribution in [0.1, 0.15) is 37.2 Å². The molecule has 2 saturated heterocycles. The summed E-state index contributed by atoms with van der Waals surface area (Å²) < 4.78 is 14.8. The molecule has 2 fully saturated rings. The molecule has 0 unspecified atom stereocenters. The van der Waals surface area contributed by atoms with Crippen molar-refractivity contribution in [2.45, 2.75) is 37.1 Å². The summed E-state index contributed by atoms with van der Waals surface area (Å²) in [6.45, 7) is 0.321. The highest BCUT2D eigenvalue weighted by molar-refractivity contribution is 5.98. The summed E-state index contributed by atoms with van der Waals surface area (Å²) in [4.78, 5) is 40.3. The highest BCUT2D eigenvalue weighted by atomic mass is 19.1. The van der Waals surface area contributed by atoms with E-state index >= 15 is 0 Å². The largest absolute Gasteiger partial charge is 0.480 e. The summed E-state index contributed by atoms with van der Waals surface area (Å²) in [5.74, 6) is -2.15. The van der Waals surface area contributed by atoms with Gasteiger partial charge in [-0.1, -0.05) is 42.8 Å². The third kappa shape index (κ3) is 5.06. The molecule has 2 atom stereocenters. The van der Waals surface area contributed by atoms with Crippen molar-refractivity contribution >= 4 is 23.5 Å². The van der Waals surface area contributed by atoms with Crippen molar-refractivity contribution in [3.63, 3.8) is 0 Å². The molecule has 2 aromatic rings. The molecule has 0 bridgehead atoms. The molecule has 2 heterocycles. The lowest BCUT2D eigenvalue weighted by Crippen LogP contribution is -2.53. The Bertz CT molecular complexity index is 1030. The number of likely N-dealkylation sites (tertiary alicyclic amines) is 1. The monoisotopic (exact) mass is 453 g/mol. The van der Waals surface area contributed by atoms with Crippen LogP contribution in [0.3, 0.4) is 0 Å². The molecule has 0 saturated carbocycles. The first-order valence-corrected chi connectivity index (χ1v) is 11.2. The topological polar surface area (TPSA) is 90.0 Å². The van der Waals surface area contributed by atoms with Crippen LogP contribution in [0.25, 0.3) is 0 Å². The van der Waals surface area contributed by atoms with Gasteiger partial charge in [-0.05, 0) is 36.6 Å². The minimum Gasteiger partial charge on any atom is -0.480 e. The summed E-state index contributed by atoms with van der Waals surface area (Å²) in [5.41, 5.74) is 0.368. The zero-order chi connectivity index (χ0) is 23.4. The quantitative estimate of drug-likeness (QED) is 0.702. The van der Waals surface area contributed by atoms with Gasteiger partial charge in [0, 0.05) is 31.1 Å². The third-order valence-electron chi connectivity index (χ3n) is 6.58. The van der Waals surface area contributed by atoms with Gasteiger partial charge in [0.15, 0.2) is 0 Å². The third-order valence-corrected chi connectivity index (χ3v) is 6.58. The molecular weight excluding hydrogens is 425 g/mol. The van der Waals surface area contributed by atoms with Gasteiger partial charge in [0.2, 0.25) is 11.8 Å². The molecule has 2 N–H and O–H groups in total. The SMILES string of the molecule is O=C(O)CN(C(=O)CN1C[C@@H](c2ccccc2F)[C@@]2(CCCCC(=O)N2)C1)c1ccccc1. The molecule has 7 nitrogen and oxygen atoms in total. The predicted octanol–water partition coefficient (Wildman–Crippen LogP) is 2.77. The lowest BCUT2D eigenvalue weighted by atomic mass is 9.78. The van der Waals surface area contributed by atoms with E-state index < -0.39 is 18.1 Å². The van der Waals surface area contributed by atoms with E-state index in [4.69, 9.17) is 0 Å². The standard InChI is InChI=1S/C25H28FN3O4/c26-21-11-5-4-10-19(21)20-14-28(17-25(20)13-7-6-12-22(30)27-25)15-23(31)29(16-24(32)33)18-8-2-1-3-9-18/h1-5,8-11,20H,6-7,12-17H2,(H,27,30)(H,32,33)/t20-,25+/m0/s1. The van der Waals surface area contributed by atoms with Crippen LogP contribution in [0.4, 0.5) is 10.1 Å². The second kappa shape index (κ2) is 9.70. The number of nitrogens with one attached hydrogen (secondary N) is 1.